The van der Waals surface area contributed by atoms with Crippen LogP contribution < -0.4 is 10.1 Å². The van der Waals surface area contributed by atoms with Crippen LogP contribution in [0.4, 0.5) is 0 Å². The fourth-order valence-electron chi connectivity index (χ4n) is 1.50. The fourth-order valence-corrected chi connectivity index (χ4v) is 1.67. The summed E-state index contributed by atoms with van der Waals surface area (Å²) in [6.07, 6.45) is 0.675. The Bertz CT molecular complexity index is 412. The van der Waals surface area contributed by atoms with Crippen molar-refractivity contribution in [1.82, 2.24) is 5.32 Å². The van der Waals surface area contributed by atoms with E-state index in [0.717, 1.165) is 0 Å². The predicted octanol–water partition coefficient (Wildman–Crippen LogP) is 1.48. The number of carbonyl (C=O) groups excluding carboxylic acids is 1. The first-order chi connectivity index (χ1) is 9.19. The third-order valence-electron chi connectivity index (χ3n) is 2.39. The highest BCUT2D eigenvalue weighted by Crippen LogP contribution is 2.22. The highest BCUT2D eigenvalue weighted by Gasteiger charge is 2.12. The molecule has 0 radical (unpaired) electrons. The lowest BCUT2D eigenvalue weighted by Crippen LogP contribution is -2.25. The monoisotopic (exact) mass is 287 g/mol. The highest BCUT2D eigenvalue weighted by atomic mass is 35.5. The summed E-state index contributed by atoms with van der Waals surface area (Å²) in [7, 11) is 1.50. The van der Waals surface area contributed by atoms with Gasteiger partial charge in [-0.15, -0.1) is 0 Å². The van der Waals surface area contributed by atoms with Gasteiger partial charge < -0.3 is 19.9 Å². The molecular weight excluding hydrogens is 270 g/mol. The summed E-state index contributed by atoms with van der Waals surface area (Å²) in [5, 5.41) is 11.8. The van der Waals surface area contributed by atoms with Crippen molar-refractivity contribution in [3.63, 3.8) is 0 Å². The minimum atomic E-state index is -0.235. The number of rotatable bonds is 8. The number of hydrogen-bond acceptors (Lipinski definition) is 4. The number of nitrogens with one attached hydrogen (secondary N) is 1. The van der Waals surface area contributed by atoms with E-state index in [1.807, 2.05) is 0 Å². The summed E-state index contributed by atoms with van der Waals surface area (Å²) in [5.74, 6) is 0.250. The van der Waals surface area contributed by atoms with Gasteiger partial charge in [0.05, 0.1) is 25.9 Å². The van der Waals surface area contributed by atoms with E-state index < -0.39 is 0 Å². The van der Waals surface area contributed by atoms with Gasteiger partial charge >= 0.3 is 0 Å². The Morgan fingerprint density at radius 2 is 2.21 bits per heavy atom. The molecule has 5 nitrogen and oxygen atoms in total. The van der Waals surface area contributed by atoms with E-state index >= 15 is 0 Å². The van der Waals surface area contributed by atoms with E-state index in [1.54, 1.807) is 18.2 Å². The second-order valence-corrected chi connectivity index (χ2v) is 4.23. The molecule has 2 N–H and O–H groups in total. The Morgan fingerprint density at radius 3 is 2.89 bits per heavy atom. The van der Waals surface area contributed by atoms with Crippen molar-refractivity contribution in [2.24, 2.45) is 0 Å². The number of aliphatic hydroxyl groups is 1. The minimum Gasteiger partial charge on any atom is -0.496 e. The first-order valence-corrected chi connectivity index (χ1v) is 6.37. The normalized spacial score (nSPS) is 10.3. The predicted molar refractivity (Wildman–Crippen MR) is 72.9 cm³/mol. The van der Waals surface area contributed by atoms with Crippen molar-refractivity contribution in [2.75, 3.05) is 33.5 Å². The quantitative estimate of drug-likeness (QED) is 0.711. The summed E-state index contributed by atoms with van der Waals surface area (Å²) >= 11 is 5.86. The van der Waals surface area contributed by atoms with Crippen LogP contribution in [-0.2, 0) is 4.74 Å². The third-order valence-corrected chi connectivity index (χ3v) is 2.63. The van der Waals surface area contributed by atoms with Crippen LogP contribution in [0.2, 0.25) is 5.02 Å². The first-order valence-electron chi connectivity index (χ1n) is 5.99. The maximum absolute atomic E-state index is 11.9. The van der Waals surface area contributed by atoms with Gasteiger partial charge in [-0.1, -0.05) is 11.6 Å². The van der Waals surface area contributed by atoms with Crippen LogP contribution >= 0.6 is 11.6 Å². The molecule has 106 valence electrons. The molecule has 1 amide bonds. The van der Waals surface area contributed by atoms with E-state index in [9.17, 15) is 4.79 Å². The summed E-state index contributed by atoms with van der Waals surface area (Å²) in [6, 6.07) is 4.89. The van der Waals surface area contributed by atoms with Crippen LogP contribution in [0.15, 0.2) is 18.2 Å². The van der Waals surface area contributed by atoms with Crippen LogP contribution in [0.25, 0.3) is 0 Å². The van der Waals surface area contributed by atoms with Crippen molar-refractivity contribution in [2.45, 2.75) is 6.42 Å². The second kappa shape index (κ2) is 8.74. The van der Waals surface area contributed by atoms with Crippen molar-refractivity contribution < 1.29 is 19.4 Å². The Labute approximate surface area is 117 Å². The minimum absolute atomic E-state index is 0.00602. The molecule has 0 aliphatic carbocycles. The largest absolute Gasteiger partial charge is 0.496 e. The van der Waals surface area contributed by atoms with Crippen molar-refractivity contribution >= 4 is 17.5 Å². The SMILES string of the molecule is COc1ccc(Cl)cc1C(=O)NCCCOCCO. The smallest absolute Gasteiger partial charge is 0.255 e. The number of hydrogen-bond donors (Lipinski definition) is 2. The van der Waals surface area contributed by atoms with Crippen LogP contribution in [0, 0.1) is 0 Å². The molecule has 0 aliphatic rings. The molecule has 0 aliphatic heterocycles. The van der Waals surface area contributed by atoms with Gasteiger partial charge in [-0.25, -0.2) is 0 Å². The lowest BCUT2D eigenvalue weighted by Gasteiger charge is -2.09. The van der Waals surface area contributed by atoms with E-state index in [4.69, 9.17) is 26.2 Å². The van der Waals surface area contributed by atoms with E-state index in [-0.39, 0.29) is 12.5 Å². The Hall–Kier alpha value is -1.30. The molecule has 1 aromatic carbocycles. The number of benzene rings is 1. The van der Waals surface area contributed by atoms with Crippen LogP contribution in [-0.4, -0.2) is 44.5 Å². The molecule has 0 spiro atoms. The molecule has 0 heterocycles. The number of ether oxygens (including phenoxy) is 2. The second-order valence-electron chi connectivity index (χ2n) is 3.79. The molecule has 0 bridgehead atoms. The van der Waals surface area contributed by atoms with Crippen molar-refractivity contribution in [3.8, 4) is 5.75 Å². The van der Waals surface area contributed by atoms with E-state index in [1.165, 1.54) is 7.11 Å². The molecule has 19 heavy (non-hydrogen) atoms. The van der Waals surface area contributed by atoms with E-state index in [0.29, 0.717) is 42.5 Å². The number of carbonyl (C=O) groups is 1. The Morgan fingerprint density at radius 1 is 1.42 bits per heavy atom. The van der Waals surface area contributed by atoms with Crippen molar-refractivity contribution in [3.05, 3.63) is 28.8 Å². The Kier molecular flexibility index (Phi) is 7.25. The van der Waals surface area contributed by atoms with Gasteiger partial charge in [0.25, 0.3) is 5.91 Å². The first kappa shape index (κ1) is 15.8. The third kappa shape index (κ3) is 5.46. The zero-order valence-electron chi connectivity index (χ0n) is 10.8. The fraction of sp³-hybridized carbons (Fsp3) is 0.462. The molecule has 0 fully saturated rings. The van der Waals surface area contributed by atoms with Gasteiger partial charge in [0, 0.05) is 18.2 Å². The lowest BCUT2D eigenvalue weighted by atomic mass is 10.2. The van der Waals surface area contributed by atoms with Gasteiger partial charge in [-0.3, -0.25) is 4.79 Å². The zero-order chi connectivity index (χ0) is 14.1. The number of amides is 1. The topological polar surface area (TPSA) is 67.8 Å². The maximum atomic E-state index is 11.9. The van der Waals surface area contributed by atoms with E-state index in [2.05, 4.69) is 5.32 Å². The summed E-state index contributed by atoms with van der Waals surface area (Å²) in [5.41, 5.74) is 0.409. The Balaban J connectivity index is 2.43. The lowest BCUT2D eigenvalue weighted by molar-refractivity contribution is 0.0866. The summed E-state index contributed by atoms with van der Waals surface area (Å²) in [4.78, 5) is 11.9. The average Bonchev–Trinajstić information content (AvgIpc) is 2.42. The van der Waals surface area contributed by atoms with Crippen LogP contribution in [0.5, 0.6) is 5.75 Å². The van der Waals surface area contributed by atoms with Gasteiger partial charge in [-0.2, -0.15) is 0 Å². The van der Waals surface area contributed by atoms with Gasteiger partial charge in [-0.05, 0) is 24.6 Å². The number of aliphatic hydroxyl groups excluding tert-OH is 1. The summed E-state index contributed by atoms with van der Waals surface area (Å²) in [6.45, 7) is 1.30. The molecule has 6 heteroatoms. The molecule has 0 aromatic heterocycles. The zero-order valence-corrected chi connectivity index (χ0v) is 11.6. The van der Waals surface area contributed by atoms with Gasteiger partial charge in [0.2, 0.25) is 0 Å². The molecule has 1 rings (SSSR count). The molecule has 0 saturated heterocycles. The highest BCUT2D eigenvalue weighted by molar-refractivity contribution is 6.31. The summed E-state index contributed by atoms with van der Waals surface area (Å²) < 4.78 is 10.2. The maximum Gasteiger partial charge on any atom is 0.255 e. The van der Waals surface area contributed by atoms with Crippen LogP contribution in [0.3, 0.4) is 0 Å². The molecule has 0 atom stereocenters. The van der Waals surface area contributed by atoms with Crippen molar-refractivity contribution in [1.29, 1.82) is 0 Å². The molecule has 0 saturated carbocycles. The molecule has 1 aromatic rings. The molecule has 0 unspecified atom stereocenters. The number of halogens is 1. The number of methoxy groups -OCH3 is 1. The molecular formula is C13H18ClNO4. The standard InChI is InChI=1S/C13H18ClNO4/c1-18-12-4-3-10(14)9-11(12)13(17)15-5-2-7-19-8-6-16/h3-4,9,16H,2,5-8H2,1H3,(H,15,17). The van der Waals surface area contributed by atoms with Gasteiger partial charge in [0.1, 0.15) is 5.75 Å². The average molecular weight is 288 g/mol. The van der Waals surface area contributed by atoms with Gasteiger partial charge in [0.15, 0.2) is 0 Å². The van der Waals surface area contributed by atoms with Crippen LogP contribution in [0.1, 0.15) is 16.8 Å².